The molecule has 0 amide bonds. The van der Waals surface area contributed by atoms with Gasteiger partial charge in [-0.05, 0) is 56.4 Å². The van der Waals surface area contributed by atoms with Crippen LogP contribution in [-0.4, -0.2) is 18.1 Å². The van der Waals surface area contributed by atoms with E-state index in [2.05, 4.69) is 29.5 Å². The lowest BCUT2D eigenvalue weighted by molar-refractivity contribution is 0.137. The first-order valence-corrected chi connectivity index (χ1v) is 9.80. The van der Waals surface area contributed by atoms with Crippen molar-refractivity contribution in [3.05, 3.63) is 16.6 Å². The summed E-state index contributed by atoms with van der Waals surface area (Å²) in [5, 5.41) is 5.93. The Labute approximate surface area is 134 Å². The number of unbranched alkanes of at least 4 members (excludes halogenated alkanes) is 1. The summed E-state index contributed by atoms with van der Waals surface area (Å²) >= 11 is 1.74. The lowest BCUT2D eigenvalue weighted by Gasteiger charge is -2.40. The van der Waals surface area contributed by atoms with Crippen molar-refractivity contribution in [2.75, 3.05) is 13.1 Å². The van der Waals surface area contributed by atoms with Gasteiger partial charge in [0.05, 0.1) is 11.2 Å². The molecule has 0 unspecified atom stereocenters. The predicted octanol–water partition coefficient (Wildman–Crippen LogP) is 5.05. The number of aromatic nitrogens is 1. The molecule has 0 spiro atoms. The number of hydrogen-bond acceptors (Lipinski definition) is 3. The molecule has 2 rings (SSSR count). The Morgan fingerprint density at radius 2 is 2.10 bits per heavy atom. The van der Waals surface area contributed by atoms with Crippen molar-refractivity contribution in [3.8, 4) is 0 Å². The first-order chi connectivity index (χ1) is 10.3. The van der Waals surface area contributed by atoms with Crippen molar-refractivity contribution in [3.63, 3.8) is 0 Å². The Bertz CT molecular complexity index is 367. The van der Waals surface area contributed by atoms with Gasteiger partial charge in [0.2, 0.25) is 0 Å². The molecule has 0 bridgehead atoms. The van der Waals surface area contributed by atoms with Crippen LogP contribution in [0.5, 0.6) is 0 Å². The molecule has 21 heavy (non-hydrogen) atoms. The lowest BCUT2D eigenvalue weighted by Crippen LogP contribution is -2.39. The maximum absolute atomic E-state index is 4.54. The van der Waals surface area contributed by atoms with Gasteiger partial charge in [-0.2, -0.15) is 0 Å². The van der Waals surface area contributed by atoms with Gasteiger partial charge >= 0.3 is 0 Å². The summed E-state index contributed by atoms with van der Waals surface area (Å²) in [7, 11) is 0. The molecule has 1 aromatic rings. The van der Waals surface area contributed by atoms with E-state index < -0.39 is 0 Å². The third-order valence-corrected chi connectivity index (χ3v) is 5.73. The van der Waals surface area contributed by atoms with Gasteiger partial charge in [-0.1, -0.05) is 33.1 Å². The quantitative estimate of drug-likeness (QED) is 0.646. The van der Waals surface area contributed by atoms with Crippen LogP contribution < -0.4 is 5.32 Å². The molecule has 0 aliphatic heterocycles. The zero-order valence-electron chi connectivity index (χ0n) is 13.9. The normalized spacial score (nSPS) is 26.1. The molecule has 1 fully saturated rings. The molecule has 0 saturated heterocycles. The van der Waals surface area contributed by atoms with Gasteiger partial charge in [0.15, 0.2) is 0 Å². The Hall–Kier alpha value is -0.410. The molecule has 1 aromatic heterocycles. The van der Waals surface area contributed by atoms with Crippen LogP contribution in [0.4, 0.5) is 0 Å². The molecule has 1 heterocycles. The number of nitrogens with zero attached hydrogens (tertiary/aromatic N) is 1. The monoisotopic (exact) mass is 308 g/mol. The fraction of sp³-hybridized carbons (Fsp3) is 0.833. The minimum Gasteiger partial charge on any atom is -0.316 e. The van der Waals surface area contributed by atoms with Crippen molar-refractivity contribution in [1.82, 2.24) is 10.3 Å². The van der Waals surface area contributed by atoms with E-state index in [1.54, 1.807) is 11.3 Å². The number of rotatable bonds is 9. The molecular weight excluding hydrogens is 276 g/mol. The predicted molar refractivity (Wildman–Crippen MR) is 92.9 cm³/mol. The highest BCUT2D eigenvalue weighted by molar-refractivity contribution is 7.07. The van der Waals surface area contributed by atoms with E-state index in [0.29, 0.717) is 5.41 Å². The fourth-order valence-corrected chi connectivity index (χ4v) is 4.29. The average molecular weight is 309 g/mol. The Kier molecular flexibility index (Phi) is 7.18. The van der Waals surface area contributed by atoms with E-state index in [1.807, 2.05) is 5.51 Å². The highest BCUT2D eigenvalue weighted by Gasteiger charge is 2.35. The zero-order valence-corrected chi connectivity index (χ0v) is 14.7. The van der Waals surface area contributed by atoms with E-state index in [9.17, 15) is 0 Å². The maximum Gasteiger partial charge on any atom is 0.0794 e. The molecule has 1 saturated carbocycles. The molecular formula is C18H32N2S. The van der Waals surface area contributed by atoms with Gasteiger partial charge in [0.25, 0.3) is 0 Å². The Balaban J connectivity index is 1.90. The van der Waals surface area contributed by atoms with Crippen LogP contribution >= 0.6 is 11.3 Å². The molecule has 1 aliphatic rings. The third kappa shape index (κ3) is 5.37. The second kappa shape index (κ2) is 8.89. The van der Waals surface area contributed by atoms with Crippen LogP contribution in [0, 0.1) is 11.3 Å². The van der Waals surface area contributed by atoms with Crippen LogP contribution in [-0.2, 0) is 6.42 Å². The SMILES string of the molecule is CCCCC1CCC(CNCCC)(Cc2cscn2)CC1. The van der Waals surface area contributed by atoms with Crippen molar-refractivity contribution < 1.29 is 0 Å². The van der Waals surface area contributed by atoms with Crippen LogP contribution in [0.3, 0.4) is 0 Å². The topological polar surface area (TPSA) is 24.9 Å². The summed E-state index contributed by atoms with van der Waals surface area (Å²) < 4.78 is 0. The van der Waals surface area contributed by atoms with E-state index >= 15 is 0 Å². The standard InChI is InChI=1S/C18H32N2S/c1-3-5-6-16-7-9-18(10-8-16,14-19-11-4-2)12-17-13-21-15-20-17/h13,15-16,19H,3-12,14H2,1-2H3. The lowest BCUT2D eigenvalue weighted by atomic mass is 9.67. The van der Waals surface area contributed by atoms with E-state index in [0.717, 1.165) is 12.5 Å². The summed E-state index contributed by atoms with van der Waals surface area (Å²) in [6.45, 7) is 6.89. The van der Waals surface area contributed by atoms with Gasteiger partial charge in [0.1, 0.15) is 0 Å². The first kappa shape index (κ1) is 17.0. The Morgan fingerprint density at radius 3 is 2.71 bits per heavy atom. The number of hydrogen-bond donors (Lipinski definition) is 1. The van der Waals surface area contributed by atoms with Gasteiger partial charge < -0.3 is 5.32 Å². The minimum absolute atomic E-state index is 0.464. The molecule has 2 nitrogen and oxygen atoms in total. The molecule has 1 aliphatic carbocycles. The zero-order chi connectivity index (χ0) is 15.0. The van der Waals surface area contributed by atoms with E-state index in [-0.39, 0.29) is 0 Å². The highest BCUT2D eigenvalue weighted by Crippen LogP contribution is 2.42. The highest BCUT2D eigenvalue weighted by atomic mass is 32.1. The average Bonchev–Trinajstić information content (AvgIpc) is 3.00. The van der Waals surface area contributed by atoms with Crippen LogP contribution in [0.1, 0.15) is 70.9 Å². The summed E-state index contributed by atoms with van der Waals surface area (Å²) in [4.78, 5) is 4.54. The van der Waals surface area contributed by atoms with Crippen molar-refractivity contribution in [2.45, 2.75) is 71.6 Å². The van der Waals surface area contributed by atoms with Crippen LogP contribution in [0.25, 0.3) is 0 Å². The summed E-state index contributed by atoms with van der Waals surface area (Å²) in [5.41, 5.74) is 3.76. The second-order valence-electron chi connectivity index (χ2n) is 6.92. The minimum atomic E-state index is 0.464. The number of nitrogens with one attached hydrogen (secondary N) is 1. The van der Waals surface area contributed by atoms with Crippen molar-refractivity contribution in [1.29, 1.82) is 0 Å². The van der Waals surface area contributed by atoms with Crippen molar-refractivity contribution in [2.24, 2.45) is 11.3 Å². The largest absolute Gasteiger partial charge is 0.316 e. The maximum atomic E-state index is 4.54. The summed E-state index contributed by atoms with van der Waals surface area (Å²) in [5.74, 6) is 0.986. The molecule has 120 valence electrons. The second-order valence-corrected chi connectivity index (χ2v) is 7.64. The van der Waals surface area contributed by atoms with E-state index in [1.165, 1.54) is 70.0 Å². The molecule has 0 radical (unpaired) electrons. The molecule has 1 N–H and O–H groups in total. The molecule has 0 aromatic carbocycles. The van der Waals surface area contributed by atoms with Crippen LogP contribution in [0.2, 0.25) is 0 Å². The number of thiazole rings is 1. The van der Waals surface area contributed by atoms with Gasteiger partial charge in [-0.25, -0.2) is 4.98 Å². The van der Waals surface area contributed by atoms with Gasteiger partial charge in [-0.3, -0.25) is 0 Å². The summed E-state index contributed by atoms with van der Waals surface area (Å²) in [6.07, 6.45) is 12.2. The van der Waals surface area contributed by atoms with E-state index in [4.69, 9.17) is 0 Å². The van der Waals surface area contributed by atoms with Gasteiger partial charge in [-0.15, -0.1) is 11.3 Å². The van der Waals surface area contributed by atoms with Crippen LogP contribution in [0.15, 0.2) is 10.9 Å². The molecule has 0 atom stereocenters. The molecule has 3 heteroatoms. The van der Waals surface area contributed by atoms with Gasteiger partial charge in [0, 0.05) is 11.9 Å². The fourth-order valence-electron chi connectivity index (χ4n) is 3.73. The third-order valence-electron chi connectivity index (χ3n) is 5.10. The summed E-state index contributed by atoms with van der Waals surface area (Å²) in [6, 6.07) is 0. The first-order valence-electron chi connectivity index (χ1n) is 8.86. The smallest absolute Gasteiger partial charge is 0.0794 e. The Morgan fingerprint density at radius 1 is 1.29 bits per heavy atom. The van der Waals surface area contributed by atoms with Crippen molar-refractivity contribution >= 4 is 11.3 Å².